The van der Waals surface area contributed by atoms with Gasteiger partial charge in [-0.1, -0.05) is 11.8 Å². The van der Waals surface area contributed by atoms with Crippen LogP contribution in [0.5, 0.6) is 0 Å². The van der Waals surface area contributed by atoms with Crippen LogP contribution in [-0.4, -0.2) is 101 Å². The van der Waals surface area contributed by atoms with Crippen molar-refractivity contribution in [3.63, 3.8) is 0 Å². The second kappa shape index (κ2) is 12.0. The van der Waals surface area contributed by atoms with Gasteiger partial charge in [-0.3, -0.25) is 33.0 Å². The second-order valence-electron chi connectivity index (χ2n) is 9.51. The van der Waals surface area contributed by atoms with Crippen molar-refractivity contribution in [1.82, 2.24) is 24.6 Å². The molecule has 5 atom stereocenters. The van der Waals surface area contributed by atoms with E-state index in [0.29, 0.717) is 0 Å². The summed E-state index contributed by atoms with van der Waals surface area (Å²) in [5.74, 6) is -1.55. The van der Waals surface area contributed by atoms with Gasteiger partial charge in [0.15, 0.2) is 22.5 Å². The molecule has 1 saturated heterocycles. The summed E-state index contributed by atoms with van der Waals surface area (Å²) < 4.78 is 30.7. The number of ether oxygens (including phenoxy) is 1. The maximum Gasteiger partial charge on any atom is 0.406 e. The van der Waals surface area contributed by atoms with Crippen molar-refractivity contribution in [2.24, 2.45) is 5.41 Å². The lowest BCUT2D eigenvalue weighted by Gasteiger charge is -2.27. The first kappa shape index (κ1) is 31.1. The molecule has 0 spiro atoms. The van der Waals surface area contributed by atoms with E-state index in [-0.39, 0.29) is 41.2 Å². The number of imidazole rings is 1. The normalized spacial score (nSPS) is 25.1. The number of nitrogens with two attached hydrogens (primary N) is 1. The average Bonchev–Trinajstić information content (AvgIpc) is 3.37. The van der Waals surface area contributed by atoms with Gasteiger partial charge in [0.1, 0.15) is 24.4 Å². The molecule has 0 bridgehead atoms. The molecule has 0 aliphatic carbocycles. The molecule has 2 aromatic heterocycles. The number of aliphatic carboxylic acids is 1. The number of carboxylic acids is 1. The van der Waals surface area contributed by atoms with Crippen molar-refractivity contribution in [2.75, 3.05) is 37.9 Å². The van der Waals surface area contributed by atoms with Gasteiger partial charge in [-0.05, 0) is 20.8 Å². The number of carbonyl (C=O) groups is 2. The molecule has 2 aromatic rings. The summed E-state index contributed by atoms with van der Waals surface area (Å²) in [6.45, 7) is 2.28. The lowest BCUT2D eigenvalue weighted by molar-refractivity contribution is -0.135. The summed E-state index contributed by atoms with van der Waals surface area (Å²) in [6, 6.07) is 0. The number of rotatable bonds is 13. The number of aromatic nitrogens is 4. The third-order valence-corrected chi connectivity index (χ3v) is 8.56. The van der Waals surface area contributed by atoms with Crippen molar-refractivity contribution >= 4 is 47.7 Å². The first-order chi connectivity index (χ1) is 18.1. The number of nitrogen functional groups attached to an aromatic ring is 1. The third kappa shape index (κ3) is 7.03. The van der Waals surface area contributed by atoms with E-state index in [9.17, 15) is 34.3 Å². The molecule has 218 valence electrons. The second-order valence-corrected chi connectivity index (χ2v) is 12.4. The summed E-state index contributed by atoms with van der Waals surface area (Å²) in [5.41, 5.74) is 1.89. The van der Waals surface area contributed by atoms with Crippen LogP contribution in [0.1, 0.15) is 27.0 Å². The predicted molar refractivity (Wildman–Crippen MR) is 137 cm³/mol. The molecular formula is C20H31N6O11PS. The summed E-state index contributed by atoms with van der Waals surface area (Å²) in [6.07, 6.45) is -3.07. The number of fused-ring (bicyclic) bond motifs is 1. The maximum atomic E-state index is 13.2. The van der Waals surface area contributed by atoms with Crippen LogP contribution in [-0.2, 0) is 27.9 Å². The van der Waals surface area contributed by atoms with Gasteiger partial charge in [0.25, 0.3) is 5.56 Å². The number of nitrogens with one attached hydrogen (secondary N) is 2. The highest BCUT2D eigenvalue weighted by molar-refractivity contribution is 8.13. The molecule has 17 nitrogen and oxygen atoms in total. The number of carbonyl (C=O) groups excluding carboxylic acids is 1. The number of thioether (sulfide) groups is 1. The van der Waals surface area contributed by atoms with Crippen molar-refractivity contribution in [1.29, 1.82) is 0 Å². The summed E-state index contributed by atoms with van der Waals surface area (Å²) in [5, 5.41) is 41.9. The minimum atomic E-state index is -4.30. The molecule has 1 fully saturated rings. The fourth-order valence-electron chi connectivity index (χ4n) is 3.51. The largest absolute Gasteiger partial charge is 0.480 e. The van der Waals surface area contributed by atoms with Gasteiger partial charge in [-0.2, -0.15) is 4.98 Å². The first-order valence-electron chi connectivity index (χ1n) is 11.5. The van der Waals surface area contributed by atoms with E-state index in [1.807, 2.05) is 0 Å². The Balaban J connectivity index is 1.70. The van der Waals surface area contributed by atoms with Gasteiger partial charge in [0.05, 0.1) is 31.6 Å². The molecule has 0 saturated carbocycles. The zero-order valence-electron chi connectivity index (χ0n) is 21.3. The van der Waals surface area contributed by atoms with Crippen LogP contribution in [0.15, 0.2) is 11.1 Å². The smallest absolute Gasteiger partial charge is 0.406 e. The van der Waals surface area contributed by atoms with Gasteiger partial charge in [-0.15, -0.1) is 0 Å². The summed E-state index contributed by atoms with van der Waals surface area (Å²) in [7, 11) is -4.30. The van der Waals surface area contributed by atoms with Crippen molar-refractivity contribution in [2.45, 2.75) is 44.8 Å². The van der Waals surface area contributed by atoms with Gasteiger partial charge in [0.2, 0.25) is 5.95 Å². The van der Waals surface area contributed by atoms with Crippen LogP contribution >= 0.6 is 19.5 Å². The molecule has 1 aliphatic heterocycles. The summed E-state index contributed by atoms with van der Waals surface area (Å²) >= 11 is 0.828. The molecule has 3 heterocycles. The number of anilines is 1. The van der Waals surface area contributed by atoms with E-state index < -0.39 is 61.9 Å². The summed E-state index contributed by atoms with van der Waals surface area (Å²) in [4.78, 5) is 45.5. The fourth-order valence-corrected chi connectivity index (χ4v) is 5.70. The van der Waals surface area contributed by atoms with E-state index in [4.69, 9.17) is 24.6 Å². The van der Waals surface area contributed by atoms with Crippen LogP contribution in [0.4, 0.5) is 5.95 Å². The number of aliphatic hydroxyl groups excluding tert-OH is 2. The quantitative estimate of drug-likeness (QED) is 0.106. The molecular weight excluding hydrogens is 563 g/mol. The Bertz CT molecular complexity index is 1310. The van der Waals surface area contributed by atoms with Gasteiger partial charge in [-0.25, -0.2) is 14.6 Å². The van der Waals surface area contributed by atoms with Crippen LogP contribution in [0.25, 0.3) is 11.2 Å². The van der Waals surface area contributed by atoms with Crippen molar-refractivity contribution in [3.8, 4) is 0 Å². The monoisotopic (exact) mass is 594 g/mol. The molecule has 1 aliphatic rings. The Morgan fingerprint density at radius 3 is 2.74 bits per heavy atom. The van der Waals surface area contributed by atoms with Gasteiger partial charge < -0.3 is 30.9 Å². The third-order valence-electron chi connectivity index (χ3n) is 5.82. The molecule has 0 amide bonds. The van der Waals surface area contributed by atoms with Crippen molar-refractivity contribution in [3.05, 3.63) is 16.7 Å². The molecule has 19 heteroatoms. The van der Waals surface area contributed by atoms with Crippen LogP contribution in [0.2, 0.25) is 0 Å². The van der Waals surface area contributed by atoms with Crippen LogP contribution < -0.4 is 16.4 Å². The first-order valence-corrected chi connectivity index (χ1v) is 14.1. The van der Waals surface area contributed by atoms with E-state index in [1.54, 1.807) is 13.8 Å². The Kier molecular flexibility index (Phi) is 9.57. The van der Waals surface area contributed by atoms with E-state index >= 15 is 0 Å². The van der Waals surface area contributed by atoms with E-state index in [2.05, 4.69) is 20.0 Å². The number of nitrogens with zero attached hydrogens (tertiary/aromatic N) is 3. The lowest BCUT2D eigenvalue weighted by atomic mass is 9.96. The number of aliphatic hydroxyl groups is 3. The van der Waals surface area contributed by atoms with Crippen LogP contribution in [0, 0.1) is 5.41 Å². The average molecular weight is 595 g/mol. The lowest BCUT2D eigenvalue weighted by Crippen LogP contribution is -2.44. The number of hydrogen-bond acceptors (Lipinski definition) is 14. The van der Waals surface area contributed by atoms with E-state index in [1.165, 1.54) is 17.8 Å². The van der Waals surface area contributed by atoms with Gasteiger partial charge in [0, 0.05) is 5.75 Å². The molecule has 3 rings (SSSR count). The van der Waals surface area contributed by atoms with Gasteiger partial charge >= 0.3 is 13.7 Å². The minimum absolute atomic E-state index is 0.0205. The fraction of sp³-hybridized carbons (Fsp3) is 0.650. The molecule has 1 unspecified atom stereocenters. The van der Waals surface area contributed by atoms with E-state index in [0.717, 1.165) is 11.8 Å². The highest BCUT2D eigenvalue weighted by Gasteiger charge is 2.54. The zero-order chi connectivity index (χ0) is 29.2. The highest BCUT2D eigenvalue weighted by Crippen LogP contribution is 2.46. The highest BCUT2D eigenvalue weighted by atomic mass is 32.2. The zero-order valence-corrected chi connectivity index (χ0v) is 23.0. The molecule has 0 radical (unpaired) electrons. The Hall–Kier alpha value is -2.41. The Labute approximate surface area is 225 Å². The maximum absolute atomic E-state index is 13.2. The number of hydrogen-bond donors (Lipinski definition) is 7. The Morgan fingerprint density at radius 1 is 1.41 bits per heavy atom. The minimum Gasteiger partial charge on any atom is -0.480 e. The predicted octanol–water partition coefficient (Wildman–Crippen LogP) is -1.20. The molecule has 0 aromatic carbocycles. The number of H-pyrrole nitrogens is 1. The Morgan fingerprint density at radius 2 is 2.10 bits per heavy atom. The number of carboxylic acid groups (broad SMARTS) is 1. The topological polar surface area (TPSA) is 261 Å². The standard InChI is InChI=1S/C20H31N6O11PS/c1-19(2,8-27)17(32)39-5-4-35-38(34,23-6-11(28)29)36-7-10-13(30)20(3,33)16(37-10)26-9-22-12-14(26)24-18(21)25-15(12)31/h9-10,13,16,27,30,33H,4-8H2,1-3H3,(H,23,34)(H,28,29)(H3,21,24,25,31)/t10-,13-,16-,20-,38?/m0/s1. The number of aromatic amines is 1. The van der Waals surface area contributed by atoms with Crippen LogP contribution in [0.3, 0.4) is 0 Å². The molecule has 8 N–H and O–H groups in total. The SMILES string of the molecule is CC(C)(CO)C(=O)SCCOP(=O)(NCC(=O)O)OC[C@@H]1O[C@H](n2cnc3c(=O)[nH]c(N)nc32)[C@@](C)(O)[C@H]1O. The molecule has 39 heavy (non-hydrogen) atoms. The van der Waals surface area contributed by atoms with Crippen molar-refractivity contribution < 1.29 is 48.4 Å².